The first-order valence-corrected chi connectivity index (χ1v) is 7.18. The van der Waals surface area contributed by atoms with Gasteiger partial charge in [-0.05, 0) is 13.0 Å². The Balaban J connectivity index is 2.50. The zero-order chi connectivity index (χ0) is 15.6. The third-order valence-corrected chi connectivity index (χ3v) is 3.55. The van der Waals surface area contributed by atoms with Crippen LogP contribution in [0.15, 0.2) is 18.2 Å². The Labute approximate surface area is 129 Å². The fourth-order valence-corrected chi connectivity index (χ4v) is 2.57. The van der Waals surface area contributed by atoms with Crippen molar-refractivity contribution in [1.82, 2.24) is 9.78 Å². The molecule has 1 heterocycles. The summed E-state index contributed by atoms with van der Waals surface area (Å²) in [6, 6.07) is 4.36. The molecule has 0 spiro atoms. The summed E-state index contributed by atoms with van der Waals surface area (Å²) >= 11 is 3.37. The van der Waals surface area contributed by atoms with Crippen LogP contribution < -0.4 is 9.47 Å². The van der Waals surface area contributed by atoms with E-state index in [1.807, 2.05) is 6.92 Å². The average molecular weight is 356 g/mol. The lowest BCUT2D eigenvalue weighted by atomic mass is 10.2. The van der Waals surface area contributed by atoms with Gasteiger partial charge in [-0.3, -0.25) is 10.1 Å². The molecule has 0 N–H and O–H groups in total. The summed E-state index contributed by atoms with van der Waals surface area (Å²) < 4.78 is 12.4. The lowest BCUT2D eigenvalue weighted by Gasteiger charge is -2.09. The Morgan fingerprint density at radius 3 is 2.76 bits per heavy atom. The maximum absolute atomic E-state index is 11.1. The highest BCUT2D eigenvalue weighted by atomic mass is 79.9. The first-order chi connectivity index (χ1) is 9.97. The molecule has 0 aliphatic rings. The summed E-state index contributed by atoms with van der Waals surface area (Å²) in [5.74, 6) is 1.06. The molecular weight excluding hydrogens is 342 g/mol. The molecule has 7 nitrogen and oxygen atoms in total. The van der Waals surface area contributed by atoms with Crippen LogP contribution in [-0.2, 0) is 12.4 Å². The second kappa shape index (κ2) is 6.13. The van der Waals surface area contributed by atoms with Crippen LogP contribution in [-0.4, -0.2) is 21.8 Å². The van der Waals surface area contributed by atoms with E-state index in [2.05, 4.69) is 21.0 Å². The average Bonchev–Trinajstić information content (AvgIpc) is 2.72. The minimum Gasteiger partial charge on any atom is -0.497 e. The minimum absolute atomic E-state index is 0.115. The van der Waals surface area contributed by atoms with E-state index in [1.54, 1.807) is 11.7 Å². The van der Waals surface area contributed by atoms with Gasteiger partial charge in [-0.2, -0.15) is 5.10 Å². The summed E-state index contributed by atoms with van der Waals surface area (Å²) in [7, 11) is 3.21. The fourth-order valence-electron chi connectivity index (χ4n) is 1.92. The number of rotatable bonds is 5. The molecular formula is C13H14BrN3O4. The van der Waals surface area contributed by atoms with E-state index < -0.39 is 4.92 Å². The van der Waals surface area contributed by atoms with Crippen molar-refractivity contribution in [3.8, 4) is 17.4 Å². The highest BCUT2D eigenvalue weighted by Gasteiger charge is 2.21. The van der Waals surface area contributed by atoms with Gasteiger partial charge in [0.15, 0.2) is 0 Å². The number of nitro benzene ring substituents is 1. The lowest BCUT2D eigenvalue weighted by molar-refractivity contribution is -0.385. The van der Waals surface area contributed by atoms with Gasteiger partial charge in [0.25, 0.3) is 0 Å². The molecule has 1 aromatic carbocycles. The third-order valence-electron chi connectivity index (χ3n) is 2.99. The zero-order valence-electron chi connectivity index (χ0n) is 11.8. The molecule has 0 aliphatic heterocycles. The maximum Gasteiger partial charge on any atom is 0.311 e. The number of methoxy groups -OCH3 is 1. The topological polar surface area (TPSA) is 79.4 Å². The summed E-state index contributed by atoms with van der Waals surface area (Å²) in [4.78, 5) is 10.6. The number of hydrogen-bond acceptors (Lipinski definition) is 5. The molecule has 0 radical (unpaired) electrons. The molecule has 0 amide bonds. The SMILES string of the molecule is COc1ccc([N+](=O)[O-])c(Oc2c(CBr)c(C)nn2C)c1. The van der Waals surface area contributed by atoms with Crippen LogP contribution in [0.1, 0.15) is 11.3 Å². The molecule has 0 bridgehead atoms. The molecule has 21 heavy (non-hydrogen) atoms. The van der Waals surface area contributed by atoms with Crippen LogP contribution in [0.2, 0.25) is 0 Å². The standard InChI is InChI=1S/C13H14BrN3O4/c1-8-10(7-14)13(16(2)15-8)21-12-6-9(20-3)4-5-11(12)17(18)19/h4-6H,7H2,1-3H3. The van der Waals surface area contributed by atoms with Crippen molar-refractivity contribution in [1.29, 1.82) is 0 Å². The number of ether oxygens (including phenoxy) is 2. The summed E-state index contributed by atoms with van der Waals surface area (Å²) in [5, 5.41) is 15.9. The number of nitrogens with zero attached hydrogens (tertiary/aromatic N) is 3. The molecule has 0 atom stereocenters. The molecule has 0 unspecified atom stereocenters. The van der Waals surface area contributed by atoms with Crippen LogP contribution in [0.25, 0.3) is 0 Å². The van der Waals surface area contributed by atoms with E-state index in [0.717, 1.165) is 11.3 Å². The van der Waals surface area contributed by atoms with E-state index in [-0.39, 0.29) is 11.4 Å². The van der Waals surface area contributed by atoms with Crippen LogP contribution >= 0.6 is 15.9 Å². The van der Waals surface area contributed by atoms with Crippen molar-refractivity contribution in [2.75, 3.05) is 7.11 Å². The molecule has 0 saturated heterocycles. The van der Waals surface area contributed by atoms with Crippen LogP contribution in [0.3, 0.4) is 0 Å². The smallest absolute Gasteiger partial charge is 0.311 e. The van der Waals surface area contributed by atoms with Gasteiger partial charge in [-0.25, -0.2) is 4.68 Å². The maximum atomic E-state index is 11.1. The quantitative estimate of drug-likeness (QED) is 0.466. The van der Waals surface area contributed by atoms with Crippen molar-refractivity contribution < 1.29 is 14.4 Å². The first-order valence-electron chi connectivity index (χ1n) is 6.06. The molecule has 0 saturated carbocycles. The predicted octanol–water partition coefficient (Wildman–Crippen LogP) is 3.33. The van der Waals surface area contributed by atoms with Crippen LogP contribution in [0, 0.1) is 17.0 Å². The normalized spacial score (nSPS) is 10.5. The van der Waals surface area contributed by atoms with Gasteiger partial charge in [0.05, 0.1) is 17.7 Å². The van der Waals surface area contributed by atoms with Crippen LogP contribution in [0.4, 0.5) is 5.69 Å². The highest BCUT2D eigenvalue weighted by Crippen LogP contribution is 2.36. The van der Waals surface area contributed by atoms with Gasteiger partial charge >= 0.3 is 5.69 Å². The molecule has 1 aromatic heterocycles. The summed E-state index contributed by atoms with van der Waals surface area (Å²) in [6.07, 6.45) is 0. The van der Waals surface area contributed by atoms with Crippen molar-refractivity contribution in [2.45, 2.75) is 12.3 Å². The first kappa shape index (κ1) is 15.3. The van der Waals surface area contributed by atoms with Crippen LogP contribution in [0.5, 0.6) is 17.4 Å². The van der Waals surface area contributed by atoms with E-state index in [1.165, 1.54) is 25.3 Å². The largest absolute Gasteiger partial charge is 0.497 e. The Hall–Kier alpha value is -2.09. The number of benzene rings is 1. The van der Waals surface area contributed by atoms with Gasteiger partial charge in [0.1, 0.15) is 5.75 Å². The molecule has 2 rings (SSSR count). The fraction of sp³-hybridized carbons (Fsp3) is 0.308. The second-order valence-electron chi connectivity index (χ2n) is 4.32. The number of hydrogen-bond donors (Lipinski definition) is 0. The van der Waals surface area contributed by atoms with E-state index >= 15 is 0 Å². The number of aryl methyl sites for hydroxylation is 2. The number of nitro groups is 1. The summed E-state index contributed by atoms with van der Waals surface area (Å²) in [6.45, 7) is 1.85. The monoisotopic (exact) mass is 355 g/mol. The Bertz CT molecular complexity index is 684. The lowest BCUT2D eigenvalue weighted by Crippen LogP contribution is -1.99. The molecule has 2 aromatic rings. The van der Waals surface area contributed by atoms with E-state index in [0.29, 0.717) is 17.0 Å². The van der Waals surface area contributed by atoms with Crippen molar-refractivity contribution >= 4 is 21.6 Å². The number of halogens is 1. The van der Waals surface area contributed by atoms with Crippen molar-refractivity contribution in [3.05, 3.63) is 39.6 Å². The highest BCUT2D eigenvalue weighted by molar-refractivity contribution is 9.08. The molecule has 112 valence electrons. The Morgan fingerprint density at radius 1 is 1.48 bits per heavy atom. The molecule has 8 heteroatoms. The number of alkyl halides is 1. The van der Waals surface area contributed by atoms with Crippen molar-refractivity contribution in [2.24, 2.45) is 7.05 Å². The summed E-state index contributed by atoms with van der Waals surface area (Å²) in [5.41, 5.74) is 1.51. The van der Waals surface area contributed by atoms with Crippen molar-refractivity contribution in [3.63, 3.8) is 0 Å². The van der Waals surface area contributed by atoms with Gasteiger partial charge in [-0.1, -0.05) is 15.9 Å². The van der Waals surface area contributed by atoms with Gasteiger partial charge in [0, 0.05) is 30.1 Å². The van der Waals surface area contributed by atoms with Gasteiger partial charge in [-0.15, -0.1) is 0 Å². The van der Waals surface area contributed by atoms with E-state index in [4.69, 9.17) is 9.47 Å². The Morgan fingerprint density at radius 2 is 2.19 bits per heavy atom. The third kappa shape index (κ3) is 2.99. The van der Waals surface area contributed by atoms with Gasteiger partial charge < -0.3 is 9.47 Å². The Kier molecular flexibility index (Phi) is 4.46. The van der Waals surface area contributed by atoms with E-state index in [9.17, 15) is 10.1 Å². The molecule has 0 aliphatic carbocycles. The predicted molar refractivity (Wildman–Crippen MR) is 80.3 cm³/mol. The minimum atomic E-state index is -0.494. The van der Waals surface area contributed by atoms with Gasteiger partial charge in [0.2, 0.25) is 11.6 Å². The second-order valence-corrected chi connectivity index (χ2v) is 4.88. The zero-order valence-corrected chi connectivity index (χ0v) is 13.4. The number of aromatic nitrogens is 2. The molecule has 0 fully saturated rings.